The third-order valence-corrected chi connectivity index (χ3v) is 3.06. The molecule has 0 amide bonds. The Kier molecular flexibility index (Phi) is 2.05. The second-order valence-corrected chi connectivity index (χ2v) is 4.12. The lowest BCUT2D eigenvalue weighted by Gasteiger charge is -2.28. The van der Waals surface area contributed by atoms with Crippen LogP contribution in [-0.2, 0) is 0 Å². The van der Waals surface area contributed by atoms with Crippen molar-refractivity contribution in [3.05, 3.63) is 39.0 Å². The standard InChI is InChI=1S/C11H11N3O3/c15-8-3-1-2-7-9(8)10(16)14(11(17)13-7)6-4-12-5-6/h1-3,6,12,15H,4-5H2,(H,13,17). The molecule has 1 aliphatic rings. The predicted octanol–water partition coefficient (Wildman–Crippen LogP) is -0.460. The number of benzene rings is 1. The number of phenolic OH excluding ortho intramolecular Hbond substituents is 1. The van der Waals surface area contributed by atoms with Crippen molar-refractivity contribution in [2.45, 2.75) is 6.04 Å². The van der Waals surface area contributed by atoms with Crippen LogP contribution in [0.15, 0.2) is 27.8 Å². The van der Waals surface area contributed by atoms with Gasteiger partial charge in [-0.1, -0.05) is 6.07 Å². The fourth-order valence-electron chi connectivity index (χ4n) is 2.04. The van der Waals surface area contributed by atoms with E-state index in [-0.39, 0.29) is 17.2 Å². The summed E-state index contributed by atoms with van der Waals surface area (Å²) in [6.07, 6.45) is 0. The van der Waals surface area contributed by atoms with Crippen LogP contribution in [0, 0.1) is 0 Å². The summed E-state index contributed by atoms with van der Waals surface area (Å²) >= 11 is 0. The summed E-state index contributed by atoms with van der Waals surface area (Å²) < 4.78 is 1.17. The fourth-order valence-corrected chi connectivity index (χ4v) is 2.04. The molecule has 2 heterocycles. The Balaban J connectivity index is 2.41. The van der Waals surface area contributed by atoms with Gasteiger partial charge < -0.3 is 15.4 Å². The first-order chi connectivity index (χ1) is 8.18. The average Bonchev–Trinajstić information content (AvgIpc) is 2.21. The van der Waals surface area contributed by atoms with Crippen LogP contribution in [0.1, 0.15) is 6.04 Å². The maximum absolute atomic E-state index is 12.2. The van der Waals surface area contributed by atoms with Gasteiger partial charge in [0.25, 0.3) is 5.56 Å². The lowest BCUT2D eigenvalue weighted by atomic mass is 10.1. The molecule has 6 heteroatoms. The lowest BCUT2D eigenvalue weighted by molar-refractivity contribution is 0.327. The Bertz CT molecular complexity index is 697. The molecule has 17 heavy (non-hydrogen) atoms. The number of aromatic nitrogens is 2. The van der Waals surface area contributed by atoms with Gasteiger partial charge in [-0.25, -0.2) is 4.79 Å². The lowest BCUT2D eigenvalue weighted by Crippen LogP contribution is -2.51. The third-order valence-electron chi connectivity index (χ3n) is 3.06. The van der Waals surface area contributed by atoms with E-state index >= 15 is 0 Å². The minimum absolute atomic E-state index is 0.107. The highest BCUT2D eigenvalue weighted by Gasteiger charge is 2.23. The number of fused-ring (bicyclic) bond motifs is 1. The number of phenols is 1. The van der Waals surface area contributed by atoms with Gasteiger partial charge in [0.05, 0.1) is 11.6 Å². The van der Waals surface area contributed by atoms with Gasteiger partial charge in [-0.15, -0.1) is 0 Å². The Morgan fingerprint density at radius 3 is 2.71 bits per heavy atom. The van der Waals surface area contributed by atoms with E-state index in [1.807, 2.05) is 0 Å². The summed E-state index contributed by atoms with van der Waals surface area (Å²) in [5.41, 5.74) is -0.503. The Labute approximate surface area is 95.5 Å². The molecule has 3 N–H and O–H groups in total. The number of nitrogens with one attached hydrogen (secondary N) is 2. The predicted molar refractivity (Wildman–Crippen MR) is 62.4 cm³/mol. The van der Waals surface area contributed by atoms with Crippen molar-refractivity contribution in [2.75, 3.05) is 13.1 Å². The molecule has 1 fully saturated rings. The normalized spacial score (nSPS) is 16.0. The molecule has 3 rings (SSSR count). The molecule has 0 saturated carbocycles. The van der Waals surface area contributed by atoms with Crippen molar-refractivity contribution in [3.63, 3.8) is 0 Å². The van der Waals surface area contributed by atoms with Crippen LogP contribution in [0.3, 0.4) is 0 Å². The smallest absolute Gasteiger partial charge is 0.329 e. The van der Waals surface area contributed by atoms with E-state index in [0.29, 0.717) is 18.6 Å². The number of aromatic hydroxyl groups is 1. The van der Waals surface area contributed by atoms with Crippen LogP contribution in [0.4, 0.5) is 0 Å². The van der Waals surface area contributed by atoms with E-state index in [1.165, 1.54) is 10.6 Å². The van der Waals surface area contributed by atoms with Crippen LogP contribution < -0.4 is 16.6 Å². The molecule has 0 bridgehead atoms. The highest BCUT2D eigenvalue weighted by atomic mass is 16.3. The second kappa shape index (κ2) is 3.46. The average molecular weight is 233 g/mol. The molecule has 0 spiro atoms. The van der Waals surface area contributed by atoms with Crippen LogP contribution in [0.25, 0.3) is 10.9 Å². The largest absolute Gasteiger partial charge is 0.507 e. The molecule has 1 aromatic heterocycles. The van der Waals surface area contributed by atoms with Gasteiger partial charge >= 0.3 is 5.69 Å². The van der Waals surface area contributed by atoms with Gasteiger partial charge in [0.1, 0.15) is 11.1 Å². The number of hydrogen-bond acceptors (Lipinski definition) is 4. The van der Waals surface area contributed by atoms with Gasteiger partial charge in [-0.3, -0.25) is 9.36 Å². The molecule has 0 aliphatic carbocycles. The van der Waals surface area contributed by atoms with Crippen molar-refractivity contribution >= 4 is 10.9 Å². The van der Waals surface area contributed by atoms with Gasteiger partial charge in [0, 0.05) is 13.1 Å². The molecule has 0 unspecified atom stereocenters. The molecule has 1 aliphatic heterocycles. The van der Waals surface area contributed by atoms with Crippen molar-refractivity contribution in [1.82, 2.24) is 14.9 Å². The molecular weight excluding hydrogens is 222 g/mol. The Hall–Kier alpha value is -2.08. The second-order valence-electron chi connectivity index (χ2n) is 4.12. The van der Waals surface area contributed by atoms with E-state index in [1.54, 1.807) is 12.1 Å². The summed E-state index contributed by atoms with van der Waals surface area (Å²) in [4.78, 5) is 26.6. The molecule has 6 nitrogen and oxygen atoms in total. The van der Waals surface area contributed by atoms with Crippen molar-refractivity contribution < 1.29 is 5.11 Å². The maximum Gasteiger partial charge on any atom is 0.329 e. The minimum atomic E-state index is -0.437. The number of rotatable bonds is 1. The van der Waals surface area contributed by atoms with E-state index in [4.69, 9.17) is 0 Å². The van der Waals surface area contributed by atoms with Crippen molar-refractivity contribution in [3.8, 4) is 5.75 Å². The van der Waals surface area contributed by atoms with Gasteiger partial charge in [0.15, 0.2) is 0 Å². The fraction of sp³-hybridized carbons (Fsp3) is 0.273. The third kappa shape index (κ3) is 1.38. The Morgan fingerprint density at radius 2 is 2.06 bits per heavy atom. The summed E-state index contributed by atoms with van der Waals surface area (Å²) in [5, 5.41) is 12.9. The van der Waals surface area contributed by atoms with Gasteiger partial charge in [0.2, 0.25) is 0 Å². The maximum atomic E-state index is 12.2. The van der Waals surface area contributed by atoms with Crippen LogP contribution in [0.5, 0.6) is 5.75 Å². The SMILES string of the molecule is O=c1[nH]c2cccc(O)c2c(=O)n1C1CNC1. The monoisotopic (exact) mass is 233 g/mol. The van der Waals surface area contributed by atoms with E-state index in [9.17, 15) is 14.7 Å². The zero-order valence-electron chi connectivity index (χ0n) is 8.93. The zero-order valence-corrected chi connectivity index (χ0v) is 8.93. The molecule has 88 valence electrons. The minimum Gasteiger partial charge on any atom is -0.507 e. The summed E-state index contributed by atoms with van der Waals surface area (Å²) in [6, 6.07) is 4.49. The number of H-pyrrole nitrogens is 1. The van der Waals surface area contributed by atoms with E-state index < -0.39 is 11.2 Å². The van der Waals surface area contributed by atoms with E-state index in [0.717, 1.165) is 0 Å². The molecule has 0 atom stereocenters. The van der Waals surface area contributed by atoms with Gasteiger partial charge in [-0.2, -0.15) is 0 Å². The molecule has 1 saturated heterocycles. The number of nitrogens with zero attached hydrogens (tertiary/aromatic N) is 1. The van der Waals surface area contributed by atoms with Crippen LogP contribution in [-0.4, -0.2) is 27.7 Å². The summed E-state index contributed by atoms with van der Waals surface area (Å²) in [6.45, 7) is 1.20. The van der Waals surface area contributed by atoms with Gasteiger partial charge in [-0.05, 0) is 12.1 Å². The van der Waals surface area contributed by atoms with Crippen LogP contribution >= 0.6 is 0 Å². The first-order valence-corrected chi connectivity index (χ1v) is 5.35. The zero-order chi connectivity index (χ0) is 12.0. The quantitative estimate of drug-likeness (QED) is 0.622. The van der Waals surface area contributed by atoms with Crippen LogP contribution in [0.2, 0.25) is 0 Å². The molecule has 0 radical (unpaired) electrons. The topological polar surface area (TPSA) is 87.1 Å². The number of aromatic amines is 1. The van der Waals surface area contributed by atoms with Crippen molar-refractivity contribution in [2.24, 2.45) is 0 Å². The van der Waals surface area contributed by atoms with Crippen molar-refractivity contribution in [1.29, 1.82) is 0 Å². The molecule has 2 aromatic rings. The highest BCUT2D eigenvalue weighted by Crippen LogP contribution is 2.18. The Morgan fingerprint density at radius 1 is 1.29 bits per heavy atom. The highest BCUT2D eigenvalue weighted by molar-refractivity contribution is 5.83. The first-order valence-electron chi connectivity index (χ1n) is 5.35. The summed E-state index contributed by atoms with van der Waals surface area (Å²) in [5.74, 6) is -0.107. The first kappa shape index (κ1) is 10.1. The van der Waals surface area contributed by atoms with E-state index in [2.05, 4.69) is 10.3 Å². The summed E-state index contributed by atoms with van der Waals surface area (Å²) in [7, 11) is 0. The number of hydrogen-bond donors (Lipinski definition) is 3. The molecule has 1 aromatic carbocycles. The molecular formula is C11H11N3O3.